The number of hydrogen-bond acceptors (Lipinski definition) is 5. The van der Waals surface area contributed by atoms with Crippen LogP contribution in [0.25, 0.3) is 0 Å². The average molecular weight is 240 g/mol. The fourth-order valence-corrected chi connectivity index (χ4v) is 2.62. The Balaban J connectivity index is 1.90. The SMILES string of the molecule is CN(CC1CCCOC1)c1ncc(C=O)s1. The zero-order valence-corrected chi connectivity index (χ0v) is 10.2. The number of carbonyl (C=O) groups is 1. The lowest BCUT2D eigenvalue weighted by atomic mass is 10.0. The molecule has 1 saturated heterocycles. The number of nitrogens with zero attached hydrogens (tertiary/aromatic N) is 2. The van der Waals surface area contributed by atoms with Crippen LogP contribution in [-0.4, -0.2) is 38.1 Å². The van der Waals surface area contributed by atoms with Gasteiger partial charge in [0.05, 0.1) is 17.7 Å². The molecule has 2 rings (SSSR count). The second-order valence-electron chi connectivity index (χ2n) is 4.13. The molecule has 2 heterocycles. The van der Waals surface area contributed by atoms with E-state index in [0.29, 0.717) is 10.8 Å². The molecule has 1 aliphatic heterocycles. The highest BCUT2D eigenvalue weighted by Crippen LogP contribution is 2.22. The summed E-state index contributed by atoms with van der Waals surface area (Å²) in [6.45, 7) is 2.69. The van der Waals surface area contributed by atoms with E-state index in [1.165, 1.54) is 17.8 Å². The molecule has 0 amide bonds. The summed E-state index contributed by atoms with van der Waals surface area (Å²) in [5.74, 6) is 0.585. The maximum Gasteiger partial charge on any atom is 0.185 e. The van der Waals surface area contributed by atoms with E-state index in [2.05, 4.69) is 9.88 Å². The third kappa shape index (κ3) is 2.80. The van der Waals surface area contributed by atoms with E-state index in [0.717, 1.165) is 37.6 Å². The van der Waals surface area contributed by atoms with Crippen molar-refractivity contribution in [2.75, 3.05) is 31.7 Å². The van der Waals surface area contributed by atoms with E-state index >= 15 is 0 Å². The van der Waals surface area contributed by atoms with Crippen molar-refractivity contribution in [3.63, 3.8) is 0 Å². The highest BCUT2D eigenvalue weighted by Gasteiger charge is 2.17. The smallest absolute Gasteiger partial charge is 0.185 e. The van der Waals surface area contributed by atoms with Gasteiger partial charge in [0, 0.05) is 20.2 Å². The van der Waals surface area contributed by atoms with Gasteiger partial charge in [0.2, 0.25) is 0 Å². The predicted octanol–water partition coefficient (Wildman–Crippen LogP) is 1.82. The van der Waals surface area contributed by atoms with E-state index in [4.69, 9.17) is 4.74 Å². The molecule has 1 aromatic heterocycles. The van der Waals surface area contributed by atoms with Crippen molar-refractivity contribution in [2.45, 2.75) is 12.8 Å². The van der Waals surface area contributed by atoms with E-state index in [1.807, 2.05) is 7.05 Å². The van der Waals surface area contributed by atoms with Crippen molar-refractivity contribution in [1.29, 1.82) is 0 Å². The van der Waals surface area contributed by atoms with Crippen molar-refractivity contribution in [2.24, 2.45) is 5.92 Å². The van der Waals surface area contributed by atoms with Crippen LogP contribution in [0, 0.1) is 5.92 Å². The van der Waals surface area contributed by atoms with Crippen LogP contribution in [0.4, 0.5) is 5.13 Å². The van der Waals surface area contributed by atoms with Crippen LogP contribution in [0.2, 0.25) is 0 Å². The van der Waals surface area contributed by atoms with Crippen LogP contribution >= 0.6 is 11.3 Å². The molecule has 16 heavy (non-hydrogen) atoms. The van der Waals surface area contributed by atoms with Gasteiger partial charge in [-0.15, -0.1) is 0 Å². The first kappa shape index (κ1) is 11.5. The number of thiazole rings is 1. The van der Waals surface area contributed by atoms with Crippen LogP contribution < -0.4 is 4.90 Å². The van der Waals surface area contributed by atoms with E-state index in [1.54, 1.807) is 6.20 Å². The second-order valence-corrected chi connectivity index (χ2v) is 5.17. The number of ether oxygens (including phenoxy) is 1. The molecular weight excluding hydrogens is 224 g/mol. The Morgan fingerprint density at radius 2 is 2.62 bits per heavy atom. The van der Waals surface area contributed by atoms with Crippen molar-refractivity contribution in [3.05, 3.63) is 11.1 Å². The molecule has 1 atom stereocenters. The Hall–Kier alpha value is -0.940. The number of hydrogen-bond donors (Lipinski definition) is 0. The third-order valence-electron chi connectivity index (χ3n) is 2.74. The molecule has 0 spiro atoms. The highest BCUT2D eigenvalue weighted by atomic mass is 32.1. The fourth-order valence-electron chi connectivity index (χ4n) is 1.92. The number of carbonyl (C=O) groups excluding carboxylic acids is 1. The summed E-state index contributed by atoms with van der Waals surface area (Å²) in [5.41, 5.74) is 0. The van der Waals surface area contributed by atoms with E-state index in [9.17, 15) is 4.79 Å². The molecule has 0 radical (unpaired) electrons. The molecule has 88 valence electrons. The van der Waals surface area contributed by atoms with Gasteiger partial charge < -0.3 is 9.64 Å². The van der Waals surface area contributed by atoms with Crippen molar-refractivity contribution >= 4 is 22.8 Å². The molecule has 0 aliphatic carbocycles. The van der Waals surface area contributed by atoms with Gasteiger partial charge in [-0.2, -0.15) is 0 Å². The second kappa shape index (κ2) is 5.41. The molecule has 0 N–H and O–H groups in total. The maximum absolute atomic E-state index is 10.6. The summed E-state index contributed by atoms with van der Waals surface area (Å²) >= 11 is 1.44. The van der Waals surface area contributed by atoms with Crippen LogP contribution in [0.3, 0.4) is 0 Å². The average Bonchev–Trinajstić information content (AvgIpc) is 2.79. The Morgan fingerprint density at radius 1 is 1.75 bits per heavy atom. The Kier molecular flexibility index (Phi) is 3.90. The first-order valence-electron chi connectivity index (χ1n) is 5.49. The molecule has 0 saturated carbocycles. The van der Waals surface area contributed by atoms with Crippen molar-refractivity contribution < 1.29 is 9.53 Å². The fraction of sp³-hybridized carbons (Fsp3) is 0.636. The zero-order chi connectivity index (χ0) is 11.4. The Morgan fingerprint density at radius 3 is 3.25 bits per heavy atom. The number of rotatable bonds is 4. The molecule has 1 aromatic rings. The van der Waals surface area contributed by atoms with Gasteiger partial charge in [-0.05, 0) is 18.8 Å². The number of aromatic nitrogens is 1. The minimum atomic E-state index is 0.585. The Labute approximate surface area is 99.2 Å². The van der Waals surface area contributed by atoms with Gasteiger partial charge >= 0.3 is 0 Å². The van der Waals surface area contributed by atoms with Crippen LogP contribution in [0.5, 0.6) is 0 Å². The summed E-state index contributed by atoms with van der Waals surface area (Å²) in [6, 6.07) is 0. The summed E-state index contributed by atoms with van der Waals surface area (Å²) in [4.78, 5) is 17.6. The van der Waals surface area contributed by atoms with Crippen LogP contribution in [-0.2, 0) is 4.74 Å². The number of anilines is 1. The molecular formula is C11H16N2O2S. The zero-order valence-electron chi connectivity index (χ0n) is 9.39. The minimum Gasteiger partial charge on any atom is -0.381 e. The quantitative estimate of drug-likeness (QED) is 0.753. The molecule has 1 unspecified atom stereocenters. The standard InChI is InChI=1S/C11H16N2O2S/c1-13(6-9-3-2-4-15-8-9)11-12-5-10(7-14)16-11/h5,7,9H,2-4,6,8H2,1H3. The van der Waals surface area contributed by atoms with E-state index in [-0.39, 0.29) is 0 Å². The summed E-state index contributed by atoms with van der Waals surface area (Å²) in [7, 11) is 2.02. The van der Waals surface area contributed by atoms with Crippen molar-refractivity contribution in [1.82, 2.24) is 4.98 Å². The van der Waals surface area contributed by atoms with Gasteiger partial charge in [-0.3, -0.25) is 4.79 Å². The van der Waals surface area contributed by atoms with Crippen molar-refractivity contribution in [3.8, 4) is 0 Å². The maximum atomic E-state index is 10.6. The normalized spacial score (nSPS) is 20.7. The molecule has 0 bridgehead atoms. The molecule has 1 aliphatic rings. The van der Waals surface area contributed by atoms with Gasteiger partial charge in [0.15, 0.2) is 11.4 Å². The predicted molar refractivity (Wildman–Crippen MR) is 64.3 cm³/mol. The topological polar surface area (TPSA) is 42.4 Å². The molecule has 1 fully saturated rings. The molecule has 5 heteroatoms. The third-order valence-corrected chi connectivity index (χ3v) is 3.78. The van der Waals surface area contributed by atoms with Crippen LogP contribution in [0.15, 0.2) is 6.20 Å². The van der Waals surface area contributed by atoms with Gasteiger partial charge in [-0.25, -0.2) is 4.98 Å². The lowest BCUT2D eigenvalue weighted by molar-refractivity contribution is 0.0576. The first-order chi connectivity index (χ1) is 7.79. The highest BCUT2D eigenvalue weighted by molar-refractivity contribution is 7.17. The van der Waals surface area contributed by atoms with Gasteiger partial charge in [-0.1, -0.05) is 11.3 Å². The largest absolute Gasteiger partial charge is 0.381 e. The Bertz CT molecular complexity index is 348. The monoisotopic (exact) mass is 240 g/mol. The first-order valence-corrected chi connectivity index (χ1v) is 6.31. The van der Waals surface area contributed by atoms with E-state index < -0.39 is 0 Å². The van der Waals surface area contributed by atoms with Gasteiger partial charge in [0.1, 0.15) is 0 Å². The number of aldehydes is 1. The lowest BCUT2D eigenvalue weighted by Crippen LogP contribution is -2.30. The summed E-state index contributed by atoms with van der Waals surface area (Å²) in [6.07, 6.45) is 4.84. The molecule has 0 aromatic carbocycles. The summed E-state index contributed by atoms with van der Waals surface area (Å²) in [5, 5.41) is 0.910. The minimum absolute atomic E-state index is 0.585. The van der Waals surface area contributed by atoms with Crippen LogP contribution in [0.1, 0.15) is 22.5 Å². The summed E-state index contributed by atoms with van der Waals surface area (Å²) < 4.78 is 5.45. The van der Waals surface area contributed by atoms with Gasteiger partial charge in [0.25, 0.3) is 0 Å². The lowest BCUT2D eigenvalue weighted by Gasteiger charge is -2.26. The molecule has 4 nitrogen and oxygen atoms in total.